The van der Waals surface area contributed by atoms with Crippen molar-refractivity contribution in [2.24, 2.45) is 4.99 Å². The molecule has 6 heteroatoms. The Morgan fingerprint density at radius 2 is 1.84 bits per heavy atom. The maximum absolute atomic E-state index is 5.55. The second-order valence-corrected chi connectivity index (χ2v) is 7.81. The van der Waals surface area contributed by atoms with E-state index in [2.05, 4.69) is 20.5 Å². The van der Waals surface area contributed by atoms with E-state index in [1.807, 2.05) is 14.2 Å². The van der Waals surface area contributed by atoms with Crippen molar-refractivity contribution in [3.63, 3.8) is 0 Å². The number of nitrogens with zero attached hydrogens (tertiary/aromatic N) is 2. The molecule has 0 aromatic carbocycles. The Morgan fingerprint density at radius 1 is 1.16 bits per heavy atom. The highest BCUT2D eigenvalue weighted by molar-refractivity contribution is 5.80. The molecule has 0 aromatic heterocycles. The van der Waals surface area contributed by atoms with Gasteiger partial charge in [-0.25, -0.2) is 0 Å². The van der Waals surface area contributed by atoms with Gasteiger partial charge in [-0.2, -0.15) is 0 Å². The summed E-state index contributed by atoms with van der Waals surface area (Å²) in [7, 11) is 3.72. The largest absolute Gasteiger partial charge is 0.381 e. The Bertz CT molecular complexity index is 423. The lowest BCUT2D eigenvalue weighted by Gasteiger charge is -2.45. The Hall–Kier alpha value is -0.850. The molecular weight excluding hydrogens is 316 g/mol. The zero-order chi connectivity index (χ0) is 17.5. The molecule has 0 atom stereocenters. The highest BCUT2D eigenvalue weighted by Crippen LogP contribution is 2.36. The van der Waals surface area contributed by atoms with Crippen molar-refractivity contribution in [3.05, 3.63) is 0 Å². The quantitative estimate of drug-likeness (QED) is 0.583. The summed E-state index contributed by atoms with van der Waals surface area (Å²) in [5.74, 6) is 0.949. The summed E-state index contributed by atoms with van der Waals surface area (Å²) in [6, 6.07) is 0.483. The Kier molecular flexibility index (Phi) is 6.96. The van der Waals surface area contributed by atoms with Gasteiger partial charge in [0.1, 0.15) is 0 Å². The average molecular weight is 353 g/mol. The second kappa shape index (κ2) is 9.19. The lowest BCUT2D eigenvalue weighted by molar-refractivity contribution is -0.00168. The average Bonchev–Trinajstić information content (AvgIpc) is 3.16. The SMILES string of the molecule is CN=C(NCC1(N2CCC(OC)CC2)CCCC1)NC1CCOCC1. The van der Waals surface area contributed by atoms with Gasteiger partial charge < -0.3 is 20.1 Å². The van der Waals surface area contributed by atoms with Crippen molar-refractivity contribution in [1.29, 1.82) is 0 Å². The molecule has 2 N–H and O–H groups in total. The van der Waals surface area contributed by atoms with Gasteiger partial charge in [0.05, 0.1) is 6.10 Å². The molecule has 1 saturated carbocycles. The van der Waals surface area contributed by atoms with Crippen LogP contribution >= 0.6 is 0 Å². The second-order valence-electron chi connectivity index (χ2n) is 7.81. The molecule has 2 aliphatic heterocycles. The third-order valence-electron chi connectivity index (χ3n) is 6.35. The van der Waals surface area contributed by atoms with Crippen LogP contribution in [0, 0.1) is 0 Å². The van der Waals surface area contributed by atoms with Gasteiger partial charge in [0.2, 0.25) is 0 Å². The molecule has 0 radical (unpaired) electrons. The number of nitrogens with one attached hydrogen (secondary N) is 2. The van der Waals surface area contributed by atoms with Crippen LogP contribution in [0.2, 0.25) is 0 Å². The number of hydrogen-bond acceptors (Lipinski definition) is 4. The Labute approximate surface area is 152 Å². The van der Waals surface area contributed by atoms with E-state index in [-0.39, 0.29) is 0 Å². The molecule has 2 saturated heterocycles. The molecule has 0 amide bonds. The van der Waals surface area contributed by atoms with E-state index in [1.165, 1.54) is 25.7 Å². The van der Waals surface area contributed by atoms with Crippen LogP contribution in [0.4, 0.5) is 0 Å². The summed E-state index contributed by atoms with van der Waals surface area (Å²) in [4.78, 5) is 7.19. The number of likely N-dealkylation sites (tertiary alicyclic amines) is 1. The highest BCUT2D eigenvalue weighted by Gasteiger charge is 2.41. The fourth-order valence-electron chi connectivity index (χ4n) is 4.68. The van der Waals surface area contributed by atoms with Crippen LogP contribution < -0.4 is 10.6 Å². The molecule has 0 bridgehead atoms. The minimum atomic E-state index is 0.298. The number of aliphatic imine (C=N–C) groups is 1. The first-order valence-corrected chi connectivity index (χ1v) is 10.1. The molecule has 0 aromatic rings. The zero-order valence-corrected chi connectivity index (χ0v) is 16.1. The smallest absolute Gasteiger partial charge is 0.191 e. The van der Waals surface area contributed by atoms with Gasteiger partial charge in [0, 0.05) is 58.6 Å². The molecule has 3 aliphatic rings. The zero-order valence-electron chi connectivity index (χ0n) is 16.1. The normalized spacial score (nSPS) is 26.7. The number of piperidine rings is 1. The summed E-state index contributed by atoms with van der Waals surface area (Å²) >= 11 is 0. The van der Waals surface area contributed by atoms with E-state index in [0.717, 1.165) is 64.5 Å². The first-order chi connectivity index (χ1) is 12.3. The van der Waals surface area contributed by atoms with E-state index in [0.29, 0.717) is 17.7 Å². The van der Waals surface area contributed by atoms with E-state index in [1.54, 1.807) is 0 Å². The first-order valence-electron chi connectivity index (χ1n) is 10.1. The maximum atomic E-state index is 5.55. The summed E-state index contributed by atoms with van der Waals surface area (Å²) in [5.41, 5.74) is 0.298. The van der Waals surface area contributed by atoms with Crippen molar-refractivity contribution in [1.82, 2.24) is 15.5 Å². The van der Waals surface area contributed by atoms with Crippen molar-refractivity contribution in [2.45, 2.75) is 69.1 Å². The molecular formula is C19H36N4O2. The lowest BCUT2D eigenvalue weighted by atomic mass is 9.91. The van der Waals surface area contributed by atoms with E-state index < -0.39 is 0 Å². The maximum Gasteiger partial charge on any atom is 0.191 e. The van der Waals surface area contributed by atoms with Crippen molar-refractivity contribution in [2.75, 3.05) is 47.0 Å². The predicted octanol–water partition coefficient (Wildman–Crippen LogP) is 1.75. The minimum absolute atomic E-state index is 0.298. The Balaban J connectivity index is 1.54. The van der Waals surface area contributed by atoms with Gasteiger partial charge in [0.25, 0.3) is 0 Å². The van der Waals surface area contributed by atoms with Gasteiger partial charge in [-0.1, -0.05) is 12.8 Å². The predicted molar refractivity (Wildman–Crippen MR) is 101 cm³/mol. The topological polar surface area (TPSA) is 58.1 Å². The fourth-order valence-corrected chi connectivity index (χ4v) is 4.68. The lowest BCUT2D eigenvalue weighted by Crippen LogP contribution is -2.58. The Morgan fingerprint density at radius 3 is 2.44 bits per heavy atom. The number of guanidine groups is 1. The number of ether oxygens (including phenoxy) is 2. The molecule has 144 valence electrons. The van der Waals surface area contributed by atoms with E-state index in [9.17, 15) is 0 Å². The third-order valence-corrected chi connectivity index (χ3v) is 6.35. The molecule has 6 nitrogen and oxygen atoms in total. The van der Waals surface area contributed by atoms with Crippen LogP contribution in [0.5, 0.6) is 0 Å². The van der Waals surface area contributed by atoms with Crippen LogP contribution in [-0.2, 0) is 9.47 Å². The van der Waals surface area contributed by atoms with Gasteiger partial charge in [-0.15, -0.1) is 0 Å². The third kappa shape index (κ3) is 4.86. The first kappa shape index (κ1) is 18.9. The summed E-state index contributed by atoms with van der Waals surface area (Å²) in [6.45, 7) is 5.02. The molecule has 3 rings (SSSR count). The highest BCUT2D eigenvalue weighted by atomic mass is 16.5. The molecule has 0 unspecified atom stereocenters. The molecule has 3 fully saturated rings. The summed E-state index contributed by atoms with van der Waals surface area (Å²) in [5, 5.41) is 7.23. The van der Waals surface area contributed by atoms with Gasteiger partial charge in [-0.3, -0.25) is 9.89 Å². The number of hydrogen-bond donors (Lipinski definition) is 2. The van der Waals surface area contributed by atoms with Crippen LogP contribution in [0.25, 0.3) is 0 Å². The fraction of sp³-hybridized carbons (Fsp3) is 0.947. The van der Waals surface area contributed by atoms with Gasteiger partial charge in [-0.05, 0) is 38.5 Å². The van der Waals surface area contributed by atoms with Gasteiger partial charge >= 0.3 is 0 Å². The monoisotopic (exact) mass is 352 g/mol. The molecule has 25 heavy (non-hydrogen) atoms. The van der Waals surface area contributed by atoms with Crippen LogP contribution in [-0.4, -0.2) is 75.5 Å². The van der Waals surface area contributed by atoms with Crippen molar-refractivity contribution < 1.29 is 9.47 Å². The summed E-state index contributed by atoms with van der Waals surface area (Å²) < 4.78 is 11.0. The molecule has 2 heterocycles. The van der Waals surface area contributed by atoms with E-state index in [4.69, 9.17) is 9.47 Å². The molecule has 0 spiro atoms. The van der Waals surface area contributed by atoms with Crippen LogP contribution in [0.15, 0.2) is 4.99 Å². The van der Waals surface area contributed by atoms with E-state index >= 15 is 0 Å². The summed E-state index contributed by atoms with van der Waals surface area (Å²) in [6.07, 6.45) is 10.2. The number of methoxy groups -OCH3 is 1. The van der Waals surface area contributed by atoms with Crippen LogP contribution in [0.1, 0.15) is 51.4 Å². The minimum Gasteiger partial charge on any atom is -0.381 e. The number of rotatable bonds is 5. The van der Waals surface area contributed by atoms with Crippen LogP contribution in [0.3, 0.4) is 0 Å². The molecule has 1 aliphatic carbocycles. The van der Waals surface area contributed by atoms with Crippen molar-refractivity contribution in [3.8, 4) is 0 Å². The van der Waals surface area contributed by atoms with Gasteiger partial charge in [0.15, 0.2) is 5.96 Å². The standard InChI is InChI=1S/C19H36N4O2/c1-20-18(22-16-7-13-25-14-8-16)21-15-19(9-3-4-10-19)23-11-5-17(24-2)6-12-23/h16-17H,3-15H2,1-2H3,(H2,20,21,22). The van der Waals surface area contributed by atoms with Crippen molar-refractivity contribution >= 4 is 5.96 Å².